The van der Waals surface area contributed by atoms with E-state index in [-0.39, 0.29) is 31.4 Å². The number of hydrogen-bond donors (Lipinski definition) is 0. The van der Waals surface area contributed by atoms with E-state index >= 15 is 0 Å². The fraction of sp³-hybridized carbons (Fsp3) is 0.345. The fourth-order valence-electron chi connectivity index (χ4n) is 5.87. The molecular formula is C55H70Cl2F2O13. The van der Waals surface area contributed by atoms with E-state index < -0.39 is 0 Å². The summed E-state index contributed by atoms with van der Waals surface area (Å²) in [7, 11) is 17.6. The molecule has 0 saturated carbocycles. The highest BCUT2D eigenvalue weighted by Gasteiger charge is 2.13. The Bertz CT molecular complexity index is 2270. The van der Waals surface area contributed by atoms with Crippen LogP contribution in [0.15, 0.2) is 115 Å². The third-order valence-corrected chi connectivity index (χ3v) is 10.0. The monoisotopic (exact) mass is 1050 g/mol. The van der Waals surface area contributed by atoms with Crippen LogP contribution in [0.3, 0.4) is 0 Å². The highest BCUT2D eigenvalue weighted by atomic mass is 35.5. The predicted octanol–water partition coefficient (Wildman–Crippen LogP) is 13.0. The molecule has 0 aromatic heterocycles. The summed E-state index contributed by atoms with van der Waals surface area (Å²) in [5.41, 5.74) is 5.62. The predicted molar refractivity (Wildman–Crippen MR) is 278 cm³/mol. The van der Waals surface area contributed by atoms with Crippen LogP contribution >= 0.6 is 23.2 Å². The van der Waals surface area contributed by atoms with Crippen LogP contribution in [0.2, 0.25) is 10.0 Å². The van der Waals surface area contributed by atoms with Crippen LogP contribution in [0, 0.1) is 11.6 Å². The molecule has 0 aliphatic carbocycles. The molecule has 0 N–H and O–H groups in total. The van der Waals surface area contributed by atoms with Gasteiger partial charge in [0.25, 0.3) is 0 Å². The van der Waals surface area contributed by atoms with E-state index in [1.165, 1.54) is 33.5 Å². The van der Waals surface area contributed by atoms with Gasteiger partial charge in [0.15, 0.2) is 23.1 Å². The van der Waals surface area contributed by atoms with Crippen molar-refractivity contribution in [2.75, 3.05) is 85.0 Å². The highest BCUT2D eigenvalue weighted by Crippen LogP contribution is 2.32. The average Bonchev–Trinajstić information content (AvgIpc) is 3.85. The minimum absolute atomic E-state index is 0. The Kier molecular flexibility index (Phi) is 33.7. The molecule has 72 heavy (non-hydrogen) atoms. The average molecular weight is 1050 g/mol. The largest absolute Gasteiger partial charge is 0.497 e. The molecule has 0 bridgehead atoms. The number of halogens is 4. The van der Waals surface area contributed by atoms with Crippen molar-refractivity contribution in [3.05, 3.63) is 170 Å². The summed E-state index contributed by atoms with van der Waals surface area (Å²) in [5.74, 6) is 4.09. The van der Waals surface area contributed by atoms with Gasteiger partial charge in [-0.3, -0.25) is 0 Å². The van der Waals surface area contributed by atoms with Gasteiger partial charge < -0.3 is 61.6 Å². The van der Waals surface area contributed by atoms with E-state index in [9.17, 15) is 8.78 Å². The Hall–Kier alpha value is -5.88. The van der Waals surface area contributed by atoms with Crippen LogP contribution in [0.25, 0.3) is 0 Å². The van der Waals surface area contributed by atoms with Gasteiger partial charge in [0, 0.05) is 59.3 Å². The molecule has 0 amide bonds. The maximum absolute atomic E-state index is 13.1. The second kappa shape index (κ2) is 37.8. The fourth-order valence-corrected chi connectivity index (χ4v) is 6.38. The van der Waals surface area contributed by atoms with Gasteiger partial charge >= 0.3 is 0 Å². The van der Waals surface area contributed by atoms with E-state index in [4.69, 9.17) is 84.8 Å². The Morgan fingerprint density at radius 1 is 0.375 bits per heavy atom. The van der Waals surface area contributed by atoms with Crippen molar-refractivity contribution >= 4 is 23.2 Å². The molecule has 6 aromatic rings. The lowest BCUT2D eigenvalue weighted by molar-refractivity contribution is 0.173. The van der Waals surface area contributed by atoms with Crippen molar-refractivity contribution in [3.63, 3.8) is 0 Å². The molecule has 6 aromatic carbocycles. The molecule has 7 rings (SSSR count). The molecule has 0 radical (unpaired) electrons. The minimum Gasteiger partial charge on any atom is -0.497 e. The van der Waals surface area contributed by atoms with Crippen LogP contribution in [0.4, 0.5) is 8.78 Å². The summed E-state index contributed by atoms with van der Waals surface area (Å²) in [6.45, 7) is 3.40. The Morgan fingerprint density at radius 3 is 1.29 bits per heavy atom. The van der Waals surface area contributed by atoms with Gasteiger partial charge in [-0.25, -0.2) is 8.78 Å². The van der Waals surface area contributed by atoms with Crippen LogP contribution in [-0.2, 0) is 68.1 Å². The normalized spacial score (nSPS) is 10.3. The summed E-state index contributed by atoms with van der Waals surface area (Å²) >= 11 is 11.8. The van der Waals surface area contributed by atoms with Gasteiger partial charge in [-0.05, 0) is 94.5 Å². The number of methoxy groups -OCH3 is 11. The second-order valence-corrected chi connectivity index (χ2v) is 15.3. The zero-order valence-electron chi connectivity index (χ0n) is 42.2. The third-order valence-electron chi connectivity index (χ3n) is 9.39. The smallest absolute Gasteiger partial charge is 0.231 e. The van der Waals surface area contributed by atoms with Crippen LogP contribution in [-0.4, -0.2) is 85.0 Å². The minimum atomic E-state index is -0.355. The topological polar surface area (TPSA) is 120 Å². The van der Waals surface area contributed by atoms with E-state index in [2.05, 4.69) is 0 Å². The molecule has 1 aliphatic heterocycles. The van der Waals surface area contributed by atoms with Gasteiger partial charge in [0.1, 0.15) is 28.8 Å². The summed E-state index contributed by atoms with van der Waals surface area (Å²) in [6, 6.07) is 34.2. The number of hydrogen-bond acceptors (Lipinski definition) is 13. The maximum atomic E-state index is 13.1. The van der Waals surface area contributed by atoms with E-state index in [1.807, 2.05) is 72.8 Å². The number of benzene rings is 6. The number of ether oxygens (including phenoxy) is 13. The quantitative estimate of drug-likeness (QED) is 0.0863. The molecule has 0 fully saturated rings. The first kappa shape index (κ1) is 64.1. The summed E-state index contributed by atoms with van der Waals surface area (Å²) in [6.07, 6.45) is 0. The molecule has 17 heteroatoms. The van der Waals surface area contributed by atoms with Crippen molar-refractivity contribution in [1.82, 2.24) is 0 Å². The van der Waals surface area contributed by atoms with Crippen molar-refractivity contribution in [2.45, 2.75) is 47.1 Å². The van der Waals surface area contributed by atoms with Crippen LogP contribution < -0.4 is 33.2 Å². The first-order valence-electron chi connectivity index (χ1n) is 21.6. The number of fused-ring (bicyclic) bond motifs is 1. The van der Waals surface area contributed by atoms with Crippen molar-refractivity contribution in [3.8, 4) is 40.2 Å². The van der Waals surface area contributed by atoms with E-state index in [1.54, 1.807) is 87.2 Å². The maximum Gasteiger partial charge on any atom is 0.231 e. The zero-order valence-corrected chi connectivity index (χ0v) is 43.8. The first-order chi connectivity index (χ1) is 34.4. The zero-order chi connectivity index (χ0) is 52.4. The highest BCUT2D eigenvalue weighted by molar-refractivity contribution is 6.32. The molecule has 13 nitrogen and oxygen atoms in total. The van der Waals surface area contributed by atoms with E-state index in [0.717, 1.165) is 50.8 Å². The lowest BCUT2D eigenvalue weighted by Gasteiger charge is -2.04. The van der Waals surface area contributed by atoms with Gasteiger partial charge in [-0.2, -0.15) is 0 Å². The Balaban J connectivity index is 0.000000431. The molecule has 0 spiro atoms. The summed E-state index contributed by atoms with van der Waals surface area (Å²) < 4.78 is 90.6. The molecule has 0 saturated heterocycles. The number of rotatable bonds is 17. The Morgan fingerprint density at radius 2 is 0.806 bits per heavy atom. The SMILES string of the molecule is C.COCc1ccc(OC)c(Cl)c1.COCc1ccc(OC)c(F)c1.COCc1ccc(OC)cc1.COCc1ccc(OC)cc1Cl.COCc1ccc(OC)cc1F.COCc1ccc2c(c1)OCO2. The van der Waals surface area contributed by atoms with Gasteiger partial charge in [-0.1, -0.05) is 73.1 Å². The first-order valence-corrected chi connectivity index (χ1v) is 22.4. The van der Waals surface area contributed by atoms with Crippen LogP contribution in [0.5, 0.6) is 40.2 Å². The van der Waals surface area contributed by atoms with Crippen molar-refractivity contribution in [2.24, 2.45) is 0 Å². The van der Waals surface area contributed by atoms with Crippen molar-refractivity contribution < 1.29 is 70.4 Å². The molecule has 0 atom stereocenters. The molecule has 1 aliphatic rings. The standard InChI is InChI=1S/2C9H11ClO2.2C9H11FO2.C9H10O3.C9H12O2.CH4/c1-11-6-7-3-4-8(12-2)5-9(7)10;1-11-6-7-3-4-9(12-2)8(10)5-7;1-11-6-7-3-4-8(12-2)5-9(7)10;1-11-6-7-3-4-9(12-2)8(10)5-7;1-10-5-7-2-3-8-9(4-7)12-6-11-8;1-10-7-8-3-5-9(11-2)6-4-8;/h4*3-5H,6H2,1-2H3;2-4H,5-6H2,1H3;3-6H,7H2,1-2H3;1H4. The third kappa shape index (κ3) is 24.0. The summed E-state index contributed by atoms with van der Waals surface area (Å²) in [5, 5.41) is 1.29. The van der Waals surface area contributed by atoms with Gasteiger partial charge in [0.05, 0.1) is 80.2 Å². The Labute approximate surface area is 434 Å². The van der Waals surface area contributed by atoms with E-state index in [0.29, 0.717) is 66.9 Å². The van der Waals surface area contributed by atoms with Gasteiger partial charge in [-0.15, -0.1) is 0 Å². The lowest BCUT2D eigenvalue weighted by atomic mass is 10.2. The van der Waals surface area contributed by atoms with Gasteiger partial charge in [0.2, 0.25) is 6.79 Å². The second-order valence-electron chi connectivity index (χ2n) is 14.5. The van der Waals surface area contributed by atoms with Crippen molar-refractivity contribution in [1.29, 1.82) is 0 Å². The molecule has 0 unspecified atom stereocenters. The lowest BCUT2D eigenvalue weighted by Crippen LogP contribution is -1.93. The molecular weight excluding hydrogens is 977 g/mol. The van der Waals surface area contributed by atoms with Crippen LogP contribution in [0.1, 0.15) is 40.8 Å². The summed E-state index contributed by atoms with van der Waals surface area (Å²) in [4.78, 5) is 0. The molecule has 1 heterocycles. The molecule has 396 valence electrons.